The summed E-state index contributed by atoms with van der Waals surface area (Å²) in [6.45, 7) is 4.47. The summed E-state index contributed by atoms with van der Waals surface area (Å²) in [6.07, 6.45) is 6.78. The summed E-state index contributed by atoms with van der Waals surface area (Å²) >= 11 is 1.93. The van der Waals surface area contributed by atoms with Crippen LogP contribution in [0.1, 0.15) is 44.6 Å². The summed E-state index contributed by atoms with van der Waals surface area (Å²) < 4.78 is 0. The highest BCUT2D eigenvalue weighted by atomic mass is 32.2. The largest absolute Gasteiger partial charge is 0.271 e. The second-order valence-electron chi connectivity index (χ2n) is 6.02. The topological polar surface area (TPSA) is 38.0 Å². The van der Waals surface area contributed by atoms with Crippen LogP contribution < -0.4 is 11.3 Å². The van der Waals surface area contributed by atoms with Crippen molar-refractivity contribution in [1.82, 2.24) is 5.43 Å². The van der Waals surface area contributed by atoms with Gasteiger partial charge in [0, 0.05) is 16.7 Å². The predicted octanol–water partition coefficient (Wildman–Crippen LogP) is 4.14. The molecule has 1 aromatic carbocycles. The van der Waals surface area contributed by atoms with Gasteiger partial charge in [0.1, 0.15) is 0 Å². The lowest BCUT2D eigenvalue weighted by Gasteiger charge is -2.36. The van der Waals surface area contributed by atoms with Crippen molar-refractivity contribution >= 4 is 11.8 Å². The summed E-state index contributed by atoms with van der Waals surface area (Å²) in [6, 6.07) is 9.18. The van der Waals surface area contributed by atoms with Gasteiger partial charge in [-0.15, -0.1) is 11.8 Å². The monoisotopic (exact) mass is 292 g/mol. The standard InChI is InChI=1S/C17H28N2S/c1-3-14-8-4-5-10-16(14)17(19-18)12-20-15-9-6-7-13(2)11-15/h6-7,9,11,14,16-17,19H,3-5,8,10,12,18H2,1-2H3. The summed E-state index contributed by atoms with van der Waals surface area (Å²) in [5, 5.41) is 0. The van der Waals surface area contributed by atoms with Crippen LogP contribution in [0.5, 0.6) is 0 Å². The normalized spacial score (nSPS) is 24.6. The van der Waals surface area contributed by atoms with E-state index in [0.717, 1.165) is 17.6 Å². The molecule has 0 saturated heterocycles. The minimum Gasteiger partial charge on any atom is -0.271 e. The summed E-state index contributed by atoms with van der Waals surface area (Å²) in [5.41, 5.74) is 4.43. The van der Waals surface area contributed by atoms with Gasteiger partial charge in [-0.3, -0.25) is 11.3 Å². The van der Waals surface area contributed by atoms with E-state index in [4.69, 9.17) is 5.84 Å². The molecule has 0 radical (unpaired) electrons. The number of hydrogen-bond acceptors (Lipinski definition) is 3. The number of hydrogen-bond donors (Lipinski definition) is 2. The number of thioether (sulfide) groups is 1. The first-order chi connectivity index (χ1) is 9.74. The molecule has 1 aliphatic rings. The molecule has 3 N–H and O–H groups in total. The lowest BCUT2D eigenvalue weighted by Crippen LogP contribution is -2.46. The molecule has 0 aliphatic heterocycles. The van der Waals surface area contributed by atoms with Crippen LogP contribution in [0.3, 0.4) is 0 Å². The number of hydrazine groups is 1. The van der Waals surface area contributed by atoms with Gasteiger partial charge in [-0.2, -0.15) is 0 Å². The molecular weight excluding hydrogens is 264 g/mol. The third-order valence-electron chi connectivity index (χ3n) is 4.64. The van der Waals surface area contributed by atoms with Crippen LogP contribution >= 0.6 is 11.8 Å². The molecule has 1 aromatic rings. The molecule has 2 rings (SSSR count). The lowest BCUT2D eigenvalue weighted by molar-refractivity contribution is 0.186. The molecule has 0 heterocycles. The van der Waals surface area contributed by atoms with E-state index in [0.29, 0.717) is 6.04 Å². The Hall–Kier alpha value is -0.510. The molecule has 2 nitrogen and oxygen atoms in total. The van der Waals surface area contributed by atoms with E-state index in [-0.39, 0.29) is 0 Å². The molecule has 1 saturated carbocycles. The summed E-state index contributed by atoms with van der Waals surface area (Å²) in [5.74, 6) is 8.52. The van der Waals surface area contributed by atoms with E-state index in [1.54, 1.807) is 0 Å². The minimum absolute atomic E-state index is 0.436. The highest BCUT2D eigenvalue weighted by Crippen LogP contribution is 2.36. The fraction of sp³-hybridized carbons (Fsp3) is 0.647. The Morgan fingerprint density at radius 1 is 1.35 bits per heavy atom. The van der Waals surface area contributed by atoms with Crippen LogP contribution in [0.15, 0.2) is 29.2 Å². The molecule has 1 fully saturated rings. The quantitative estimate of drug-likeness (QED) is 0.470. The van der Waals surface area contributed by atoms with Crippen LogP contribution in [0, 0.1) is 18.8 Å². The molecule has 0 bridgehead atoms. The molecule has 0 amide bonds. The van der Waals surface area contributed by atoms with Gasteiger partial charge in [-0.25, -0.2) is 0 Å². The molecule has 20 heavy (non-hydrogen) atoms. The van der Waals surface area contributed by atoms with Crippen molar-refractivity contribution in [2.75, 3.05) is 5.75 Å². The third kappa shape index (κ3) is 4.24. The zero-order chi connectivity index (χ0) is 14.4. The van der Waals surface area contributed by atoms with Crippen LogP contribution in [0.4, 0.5) is 0 Å². The van der Waals surface area contributed by atoms with E-state index in [1.165, 1.54) is 42.6 Å². The first kappa shape index (κ1) is 15.9. The average Bonchev–Trinajstić information content (AvgIpc) is 2.48. The molecule has 0 spiro atoms. The molecule has 0 aromatic heterocycles. The SMILES string of the molecule is CCC1CCCCC1C(CSc1cccc(C)c1)NN. The van der Waals surface area contributed by atoms with Crippen molar-refractivity contribution in [2.24, 2.45) is 17.7 Å². The molecule has 112 valence electrons. The molecule has 1 aliphatic carbocycles. The van der Waals surface area contributed by atoms with Crippen molar-refractivity contribution in [3.05, 3.63) is 29.8 Å². The van der Waals surface area contributed by atoms with Gasteiger partial charge in [-0.05, 0) is 37.3 Å². The second kappa shape index (κ2) is 8.06. The second-order valence-corrected chi connectivity index (χ2v) is 7.11. The van der Waals surface area contributed by atoms with Gasteiger partial charge in [-0.1, -0.05) is 50.3 Å². The maximum absolute atomic E-state index is 5.85. The average molecular weight is 292 g/mol. The number of aryl methyl sites for hydroxylation is 1. The number of rotatable bonds is 6. The molecule has 3 heteroatoms. The Kier molecular flexibility index (Phi) is 6.40. The van der Waals surface area contributed by atoms with E-state index in [1.807, 2.05) is 11.8 Å². The van der Waals surface area contributed by atoms with Gasteiger partial charge in [0.25, 0.3) is 0 Å². The third-order valence-corrected chi connectivity index (χ3v) is 5.76. The Morgan fingerprint density at radius 2 is 2.15 bits per heavy atom. The van der Waals surface area contributed by atoms with Crippen molar-refractivity contribution in [2.45, 2.75) is 56.9 Å². The van der Waals surface area contributed by atoms with Crippen molar-refractivity contribution in [3.63, 3.8) is 0 Å². The van der Waals surface area contributed by atoms with Gasteiger partial charge in [0.2, 0.25) is 0 Å². The number of benzene rings is 1. The lowest BCUT2D eigenvalue weighted by atomic mass is 9.74. The Bertz CT molecular complexity index is 408. The fourth-order valence-electron chi connectivity index (χ4n) is 3.46. The van der Waals surface area contributed by atoms with Crippen LogP contribution in [-0.2, 0) is 0 Å². The van der Waals surface area contributed by atoms with E-state index in [9.17, 15) is 0 Å². The summed E-state index contributed by atoms with van der Waals surface area (Å²) in [7, 11) is 0. The predicted molar refractivity (Wildman–Crippen MR) is 88.8 cm³/mol. The van der Waals surface area contributed by atoms with Crippen molar-refractivity contribution < 1.29 is 0 Å². The Morgan fingerprint density at radius 3 is 2.85 bits per heavy atom. The Labute approximate surface area is 127 Å². The maximum atomic E-state index is 5.85. The maximum Gasteiger partial charge on any atom is 0.0335 e. The van der Waals surface area contributed by atoms with Crippen molar-refractivity contribution in [3.8, 4) is 0 Å². The molecular formula is C17H28N2S. The van der Waals surface area contributed by atoms with Crippen molar-refractivity contribution in [1.29, 1.82) is 0 Å². The van der Waals surface area contributed by atoms with Crippen LogP contribution in [-0.4, -0.2) is 11.8 Å². The van der Waals surface area contributed by atoms with E-state index >= 15 is 0 Å². The number of nitrogens with two attached hydrogens (primary N) is 1. The highest BCUT2D eigenvalue weighted by molar-refractivity contribution is 7.99. The fourth-order valence-corrected chi connectivity index (χ4v) is 4.62. The van der Waals surface area contributed by atoms with Gasteiger partial charge in [0.05, 0.1) is 0 Å². The highest BCUT2D eigenvalue weighted by Gasteiger charge is 2.30. The van der Waals surface area contributed by atoms with Gasteiger partial charge in [0.15, 0.2) is 0 Å². The van der Waals surface area contributed by atoms with Gasteiger partial charge >= 0.3 is 0 Å². The number of nitrogens with one attached hydrogen (secondary N) is 1. The smallest absolute Gasteiger partial charge is 0.0335 e. The first-order valence-electron chi connectivity index (χ1n) is 7.90. The summed E-state index contributed by atoms with van der Waals surface area (Å²) in [4.78, 5) is 1.36. The zero-order valence-corrected chi connectivity index (χ0v) is 13.6. The van der Waals surface area contributed by atoms with Gasteiger partial charge < -0.3 is 0 Å². The van der Waals surface area contributed by atoms with E-state index in [2.05, 4.69) is 43.5 Å². The zero-order valence-electron chi connectivity index (χ0n) is 12.8. The van der Waals surface area contributed by atoms with Crippen LogP contribution in [0.2, 0.25) is 0 Å². The molecule has 3 atom stereocenters. The molecule has 3 unspecified atom stereocenters. The Balaban J connectivity index is 1.94. The minimum atomic E-state index is 0.436. The van der Waals surface area contributed by atoms with E-state index < -0.39 is 0 Å². The van der Waals surface area contributed by atoms with Crippen LogP contribution in [0.25, 0.3) is 0 Å². The first-order valence-corrected chi connectivity index (χ1v) is 8.88.